The smallest absolute Gasteiger partial charge is 0.258 e. The predicted molar refractivity (Wildman–Crippen MR) is 126 cm³/mol. The highest BCUT2D eigenvalue weighted by Crippen LogP contribution is 2.36. The van der Waals surface area contributed by atoms with Gasteiger partial charge < -0.3 is 15.5 Å². The van der Waals surface area contributed by atoms with Gasteiger partial charge in [0.2, 0.25) is 0 Å². The Balaban J connectivity index is 0.00000171. The number of fused-ring (bicyclic) bond motifs is 1. The summed E-state index contributed by atoms with van der Waals surface area (Å²) in [6.07, 6.45) is 2.30. The lowest BCUT2D eigenvalue weighted by molar-refractivity contribution is 0.102. The zero-order valence-corrected chi connectivity index (χ0v) is 17.8. The van der Waals surface area contributed by atoms with Crippen LogP contribution in [0.4, 0.5) is 21.6 Å². The molecule has 0 bridgehead atoms. The molecule has 0 radical (unpaired) electrons. The van der Waals surface area contributed by atoms with E-state index >= 15 is 0 Å². The van der Waals surface area contributed by atoms with Crippen molar-refractivity contribution in [1.82, 2.24) is 10.5 Å². The molecule has 1 atom stereocenters. The van der Waals surface area contributed by atoms with Gasteiger partial charge in [-0.25, -0.2) is 9.37 Å². The van der Waals surface area contributed by atoms with Crippen molar-refractivity contribution in [3.63, 3.8) is 0 Å². The van der Waals surface area contributed by atoms with Crippen LogP contribution in [0.1, 0.15) is 38.5 Å². The fourth-order valence-corrected chi connectivity index (χ4v) is 3.69. The molecule has 9 heteroatoms. The number of anilines is 3. The van der Waals surface area contributed by atoms with Crippen LogP contribution in [0.3, 0.4) is 0 Å². The topological polar surface area (TPSA) is 111 Å². The summed E-state index contributed by atoms with van der Waals surface area (Å²) in [6, 6.07) is 14.8. The average Bonchev–Trinajstić information content (AvgIpc) is 3.57. The minimum absolute atomic E-state index is 0. The molecule has 1 unspecified atom stereocenters. The Morgan fingerprint density at radius 1 is 1.24 bits per heavy atom. The molecule has 4 N–H and O–H groups in total. The molecule has 5 rings (SSSR count). The zero-order valence-electron chi connectivity index (χ0n) is 17.8. The molecular weight excluding hydrogens is 423 g/mol. The van der Waals surface area contributed by atoms with Gasteiger partial charge in [0.25, 0.3) is 5.91 Å². The number of hydrazine groups is 2. The highest BCUT2D eigenvalue weighted by Gasteiger charge is 2.30. The fourth-order valence-electron chi connectivity index (χ4n) is 3.69. The summed E-state index contributed by atoms with van der Waals surface area (Å²) in [4.78, 5) is 17.3. The van der Waals surface area contributed by atoms with Crippen molar-refractivity contribution in [3.05, 3.63) is 65.5 Å². The molecule has 170 valence electrons. The lowest BCUT2D eigenvalue weighted by Crippen LogP contribution is -2.19. The van der Waals surface area contributed by atoms with Crippen molar-refractivity contribution < 1.29 is 16.8 Å². The van der Waals surface area contributed by atoms with Gasteiger partial charge in [-0.2, -0.15) is 5.26 Å². The molecule has 2 aliphatic rings. The number of rotatable bonds is 6. The monoisotopic (exact) mass is 448 g/mol. The third kappa shape index (κ3) is 4.29. The fraction of sp³-hybridized carbons (Fsp3) is 0.208. The minimum Gasteiger partial charge on any atom is -0.489 e. The standard InChI is InChI=1S/C24H21FN6O2.2H2/c1-13(14-2-3-14)33-22-9-5-17(10-16(22)12-26)27-24(32)18-11-15(4-6-19(18)25)20-7-8-21-23(28-20)30-31-29-21;;/h4-11,13-14,29,31H,2-3H2,1H3,(H,27,32)(H,28,30);2*1H. The second kappa shape index (κ2) is 8.41. The van der Waals surface area contributed by atoms with E-state index in [1.165, 1.54) is 18.2 Å². The molecule has 1 saturated carbocycles. The molecular formula is C24H25FN6O2. The van der Waals surface area contributed by atoms with Gasteiger partial charge in [0.15, 0.2) is 5.82 Å². The molecule has 0 spiro atoms. The Labute approximate surface area is 192 Å². The minimum atomic E-state index is -0.655. The number of halogens is 1. The molecule has 1 fully saturated rings. The van der Waals surface area contributed by atoms with E-state index in [9.17, 15) is 14.4 Å². The number of ether oxygens (including phenoxy) is 1. The summed E-state index contributed by atoms with van der Waals surface area (Å²) >= 11 is 0. The molecule has 2 heterocycles. The van der Waals surface area contributed by atoms with E-state index < -0.39 is 11.7 Å². The van der Waals surface area contributed by atoms with Gasteiger partial charge in [-0.05, 0) is 74.2 Å². The Bertz CT molecular complexity index is 1300. The van der Waals surface area contributed by atoms with Crippen molar-refractivity contribution >= 4 is 23.1 Å². The predicted octanol–water partition coefficient (Wildman–Crippen LogP) is 4.94. The van der Waals surface area contributed by atoms with Crippen LogP contribution in [0.2, 0.25) is 0 Å². The highest BCUT2D eigenvalue weighted by atomic mass is 19.1. The molecule has 33 heavy (non-hydrogen) atoms. The van der Waals surface area contributed by atoms with Gasteiger partial charge in [-0.3, -0.25) is 10.2 Å². The van der Waals surface area contributed by atoms with Crippen LogP contribution in [0.5, 0.6) is 5.75 Å². The molecule has 1 aliphatic heterocycles. The Kier molecular flexibility index (Phi) is 5.28. The van der Waals surface area contributed by atoms with Crippen molar-refractivity contribution in [2.24, 2.45) is 5.92 Å². The quantitative estimate of drug-likeness (QED) is 0.423. The van der Waals surface area contributed by atoms with Crippen LogP contribution in [-0.4, -0.2) is 17.0 Å². The number of hydrogen-bond acceptors (Lipinski definition) is 7. The van der Waals surface area contributed by atoms with E-state index in [0.29, 0.717) is 40.0 Å². The molecule has 1 amide bonds. The number of amides is 1. The number of benzene rings is 2. The summed E-state index contributed by atoms with van der Waals surface area (Å²) in [5, 5.41) is 12.2. The second-order valence-electron chi connectivity index (χ2n) is 8.10. The number of hydrogen-bond donors (Lipinski definition) is 4. The molecule has 8 nitrogen and oxygen atoms in total. The van der Waals surface area contributed by atoms with Crippen LogP contribution in [0, 0.1) is 23.1 Å². The first-order valence-electron chi connectivity index (χ1n) is 10.6. The van der Waals surface area contributed by atoms with Gasteiger partial charge in [-0.1, -0.05) is 0 Å². The Morgan fingerprint density at radius 3 is 2.88 bits per heavy atom. The van der Waals surface area contributed by atoms with Gasteiger partial charge in [0, 0.05) is 14.1 Å². The normalized spacial score (nSPS) is 14.9. The maximum atomic E-state index is 14.5. The van der Waals surface area contributed by atoms with Gasteiger partial charge in [0.1, 0.15) is 17.6 Å². The van der Waals surface area contributed by atoms with E-state index in [4.69, 9.17) is 4.74 Å². The number of nitrogens with zero attached hydrogens (tertiary/aromatic N) is 2. The largest absolute Gasteiger partial charge is 0.489 e. The first kappa shape index (κ1) is 20.7. The first-order valence-corrected chi connectivity index (χ1v) is 10.6. The van der Waals surface area contributed by atoms with Crippen molar-refractivity contribution in [3.8, 4) is 23.1 Å². The summed E-state index contributed by atoms with van der Waals surface area (Å²) in [6.45, 7) is 1.99. The lowest BCUT2D eigenvalue weighted by atomic mass is 10.1. The van der Waals surface area contributed by atoms with E-state index in [-0.39, 0.29) is 14.5 Å². The zero-order chi connectivity index (χ0) is 22.9. The Morgan fingerprint density at radius 2 is 2.09 bits per heavy atom. The lowest BCUT2D eigenvalue weighted by Gasteiger charge is -2.16. The number of carbonyl (C=O) groups excluding carboxylic acids is 1. The number of aromatic nitrogens is 1. The number of nitrogens with one attached hydrogen (secondary N) is 4. The molecule has 1 aliphatic carbocycles. The van der Waals surface area contributed by atoms with Crippen LogP contribution in [0.25, 0.3) is 11.3 Å². The van der Waals surface area contributed by atoms with Crippen LogP contribution in [-0.2, 0) is 0 Å². The third-order valence-corrected chi connectivity index (χ3v) is 5.74. The van der Waals surface area contributed by atoms with E-state index in [0.717, 1.165) is 18.5 Å². The van der Waals surface area contributed by atoms with Gasteiger partial charge in [0.05, 0.1) is 28.6 Å². The maximum absolute atomic E-state index is 14.5. The van der Waals surface area contributed by atoms with E-state index in [1.807, 2.05) is 13.0 Å². The van der Waals surface area contributed by atoms with Gasteiger partial charge in [-0.15, -0.1) is 5.53 Å². The Hall–Kier alpha value is -4.16. The van der Waals surface area contributed by atoms with Crippen molar-refractivity contribution in [1.29, 1.82) is 5.26 Å². The maximum Gasteiger partial charge on any atom is 0.258 e. The van der Waals surface area contributed by atoms with E-state index in [2.05, 4.69) is 32.8 Å². The molecule has 3 aromatic rings. The van der Waals surface area contributed by atoms with Gasteiger partial charge >= 0.3 is 0 Å². The molecule has 1 aromatic heterocycles. The summed E-state index contributed by atoms with van der Waals surface area (Å²) in [5.41, 5.74) is 11.0. The molecule has 2 aromatic carbocycles. The number of nitriles is 1. The third-order valence-electron chi connectivity index (χ3n) is 5.74. The SMILES string of the molecule is CC(Oc1ccc(NC(=O)c2cc(-c3ccc4c(n3)NNN4)ccc2F)cc1C#N)C1CC1.[HH].[HH]. The van der Waals surface area contributed by atoms with Crippen LogP contribution < -0.4 is 26.4 Å². The van der Waals surface area contributed by atoms with Crippen molar-refractivity contribution in [2.75, 3.05) is 16.2 Å². The number of carbonyl (C=O) groups is 1. The molecule has 0 saturated heterocycles. The average molecular weight is 449 g/mol. The highest BCUT2D eigenvalue weighted by molar-refractivity contribution is 6.05. The van der Waals surface area contributed by atoms with Crippen molar-refractivity contribution in [2.45, 2.75) is 25.9 Å². The summed E-state index contributed by atoms with van der Waals surface area (Å²) < 4.78 is 20.4. The van der Waals surface area contributed by atoms with Crippen LogP contribution in [0.15, 0.2) is 48.5 Å². The second-order valence-corrected chi connectivity index (χ2v) is 8.10. The number of pyridine rings is 1. The van der Waals surface area contributed by atoms with E-state index in [1.54, 1.807) is 24.3 Å². The van der Waals surface area contributed by atoms with Crippen LogP contribution >= 0.6 is 0 Å². The first-order chi connectivity index (χ1) is 16.0. The summed E-state index contributed by atoms with van der Waals surface area (Å²) in [7, 11) is 0. The summed E-state index contributed by atoms with van der Waals surface area (Å²) in [5.74, 6) is 0.321.